The first kappa shape index (κ1) is 35.6. The van der Waals surface area contributed by atoms with E-state index in [0.717, 1.165) is 17.1 Å². The second-order valence-electron chi connectivity index (χ2n) is 18.0. The van der Waals surface area contributed by atoms with Crippen LogP contribution in [0.3, 0.4) is 0 Å². The fraction of sp³-hybridized carbons (Fsp3) is 0.727. The number of hydrogen-bond donors (Lipinski definition) is 3. The molecule has 0 unspecified atom stereocenters. The molecule has 0 saturated carbocycles. The average molecular weight is 597 g/mol. The quantitative estimate of drug-likeness (QED) is 0.317. The maximum Gasteiger partial charge on any atom is 0.255 e. The second-order valence-corrected chi connectivity index (χ2v) is 18.0. The van der Waals surface area contributed by atoms with E-state index in [1.807, 2.05) is 0 Å². The number of rotatable bonds is 3. The Labute approximate surface area is 265 Å². The molecule has 41 heavy (non-hydrogen) atoms. The van der Waals surface area contributed by atoms with Gasteiger partial charge in [0, 0.05) is 71.3 Å². The van der Waals surface area contributed by atoms with Crippen LogP contribution in [0.5, 0.6) is 0 Å². The van der Waals surface area contributed by atoms with Crippen molar-refractivity contribution < 1.29 is 21.7 Å². The molecular weight excluding hydrogens is 539 g/mol. The number of nitrogens with one attached hydrogen (secondary N) is 3. The second kappa shape index (κ2) is 10.8. The molecule has 226 valence electrons. The normalized spacial score (nSPS) is 13.9. The molecule has 3 rings (SSSR count). The van der Waals surface area contributed by atoms with Crippen LogP contribution in [0.25, 0.3) is 0 Å². The van der Waals surface area contributed by atoms with Crippen LogP contribution >= 0.6 is 0 Å². The van der Waals surface area contributed by atoms with E-state index in [9.17, 15) is 0 Å². The van der Waals surface area contributed by atoms with Crippen molar-refractivity contribution in [2.24, 2.45) is 0 Å². The number of H-pyrrole nitrogens is 3. The third-order valence-electron chi connectivity index (χ3n) is 7.66. The zero-order chi connectivity index (χ0) is 31.0. The summed E-state index contributed by atoms with van der Waals surface area (Å²) < 4.78 is 0. The van der Waals surface area contributed by atoms with Crippen LogP contribution in [0, 0.1) is 0 Å². The molecule has 3 aromatic rings. The predicted molar refractivity (Wildman–Crippen MR) is 173 cm³/mol. The van der Waals surface area contributed by atoms with Crippen molar-refractivity contribution in [3.8, 4) is 0 Å². The van der Waals surface area contributed by atoms with Gasteiger partial charge in [0.2, 0.25) is 0 Å². The number of aromatic amines is 3. The van der Waals surface area contributed by atoms with Gasteiger partial charge in [0.1, 0.15) is 0 Å². The Bertz CT molecular complexity index is 1090. The summed E-state index contributed by atoms with van der Waals surface area (Å²) in [5.41, 5.74) is 9.63. The minimum Gasteiger partial charge on any atom is -0.282 e. The SMILES string of the molecule is CC(C)(C)c1n[nH]c(C(C)(C)C)c1B(c1c(C(C)(C)C)n[nH]c1C(C)(C)C)c1c(C(C)(C)C)n[nH]c1C(C)(C)C.[Ti]. The molecule has 0 fully saturated rings. The van der Waals surface area contributed by atoms with E-state index in [1.54, 1.807) is 0 Å². The Morgan fingerprint density at radius 2 is 0.561 bits per heavy atom. The number of nitrogens with zero attached hydrogens (tertiary/aromatic N) is 3. The summed E-state index contributed by atoms with van der Waals surface area (Å²) in [5.74, 6) is 0. The van der Waals surface area contributed by atoms with Crippen molar-refractivity contribution in [2.75, 3.05) is 0 Å². The summed E-state index contributed by atoms with van der Waals surface area (Å²) in [6, 6.07) is 0. The van der Waals surface area contributed by atoms with Gasteiger partial charge in [-0.3, -0.25) is 15.3 Å². The first-order chi connectivity index (χ1) is 17.7. The molecule has 0 atom stereocenters. The van der Waals surface area contributed by atoms with E-state index in [0.29, 0.717) is 0 Å². The van der Waals surface area contributed by atoms with Gasteiger partial charge in [-0.25, -0.2) is 0 Å². The Hall–Kier alpha value is -1.59. The van der Waals surface area contributed by atoms with Crippen LogP contribution in [-0.2, 0) is 54.2 Å². The van der Waals surface area contributed by atoms with Gasteiger partial charge in [-0.1, -0.05) is 125 Å². The van der Waals surface area contributed by atoms with Gasteiger partial charge in [-0.2, -0.15) is 15.3 Å². The topological polar surface area (TPSA) is 86.0 Å². The minimum absolute atomic E-state index is 0. The van der Waals surface area contributed by atoms with Crippen molar-refractivity contribution in [1.82, 2.24) is 30.6 Å². The predicted octanol–water partition coefficient (Wildman–Crippen LogP) is 6.15. The Balaban J connectivity index is 0.00000588. The fourth-order valence-corrected chi connectivity index (χ4v) is 5.76. The third kappa shape index (κ3) is 6.98. The van der Waals surface area contributed by atoms with Gasteiger partial charge < -0.3 is 0 Å². The minimum atomic E-state index is -0.172. The number of hydrogen-bond acceptors (Lipinski definition) is 3. The summed E-state index contributed by atoms with van der Waals surface area (Å²) in [5, 5.41) is 25.9. The maximum absolute atomic E-state index is 5.08. The zero-order valence-corrected chi connectivity index (χ0v) is 31.0. The van der Waals surface area contributed by atoms with Crippen LogP contribution in [-0.4, -0.2) is 37.3 Å². The molecule has 0 bridgehead atoms. The summed E-state index contributed by atoms with van der Waals surface area (Å²) in [6.07, 6.45) is 0. The van der Waals surface area contributed by atoms with Crippen molar-refractivity contribution >= 4 is 23.1 Å². The van der Waals surface area contributed by atoms with Gasteiger partial charge in [0.25, 0.3) is 6.71 Å². The summed E-state index contributed by atoms with van der Waals surface area (Å²) in [4.78, 5) is 0. The number of aromatic nitrogens is 6. The van der Waals surface area contributed by atoms with Crippen LogP contribution in [0.2, 0.25) is 0 Å². The van der Waals surface area contributed by atoms with Crippen molar-refractivity contribution in [3.63, 3.8) is 0 Å². The van der Waals surface area contributed by atoms with Crippen molar-refractivity contribution in [1.29, 1.82) is 0 Å². The summed E-state index contributed by atoms with van der Waals surface area (Å²) >= 11 is 0. The van der Waals surface area contributed by atoms with Crippen molar-refractivity contribution in [2.45, 2.75) is 157 Å². The van der Waals surface area contributed by atoms with Gasteiger partial charge >= 0.3 is 0 Å². The molecule has 0 aromatic carbocycles. The molecule has 0 aliphatic carbocycles. The van der Waals surface area contributed by atoms with Gasteiger partial charge in [0.05, 0.1) is 17.1 Å². The molecule has 3 N–H and O–H groups in total. The molecular formula is C33H57BN6Ti. The largest absolute Gasteiger partial charge is 0.282 e. The van der Waals surface area contributed by atoms with Crippen LogP contribution in [0.1, 0.15) is 159 Å². The standard InChI is InChI=1S/C33H57BN6.Ti/c1-28(2,3)22-19(23(36-35-22)29(4,5)6)34(20-24(30(7,8)9)37-38-25(20)31(10,11)12)21-26(32(13,14)15)39-40-27(21)33(16,17)18;/h1-18H3,(H,35,36)(H,37,38)(H,39,40);. The molecule has 3 heterocycles. The van der Waals surface area contributed by atoms with E-state index >= 15 is 0 Å². The van der Waals surface area contributed by atoms with E-state index < -0.39 is 0 Å². The molecule has 0 aliphatic heterocycles. The van der Waals surface area contributed by atoms with E-state index in [1.165, 1.54) is 33.5 Å². The third-order valence-corrected chi connectivity index (χ3v) is 7.66. The molecule has 6 nitrogen and oxygen atoms in total. The van der Waals surface area contributed by atoms with Crippen molar-refractivity contribution in [3.05, 3.63) is 34.2 Å². The van der Waals surface area contributed by atoms with E-state index in [4.69, 9.17) is 15.3 Å². The monoisotopic (exact) mass is 596 g/mol. The molecule has 0 radical (unpaired) electrons. The molecule has 0 spiro atoms. The smallest absolute Gasteiger partial charge is 0.255 e. The van der Waals surface area contributed by atoms with Crippen LogP contribution < -0.4 is 16.4 Å². The van der Waals surface area contributed by atoms with Gasteiger partial charge in [0.15, 0.2) is 0 Å². The zero-order valence-electron chi connectivity index (χ0n) is 29.4. The van der Waals surface area contributed by atoms with E-state index in [-0.39, 0.29) is 60.9 Å². The van der Waals surface area contributed by atoms with Gasteiger partial charge in [-0.15, -0.1) is 0 Å². The van der Waals surface area contributed by atoms with E-state index in [2.05, 4.69) is 140 Å². The summed E-state index contributed by atoms with van der Waals surface area (Å²) in [6.45, 7) is 40.8. The fourth-order valence-electron chi connectivity index (χ4n) is 5.76. The molecule has 0 saturated heterocycles. The molecule has 8 heteroatoms. The Morgan fingerprint density at radius 1 is 0.366 bits per heavy atom. The first-order valence-electron chi connectivity index (χ1n) is 15.0. The average Bonchev–Trinajstić information content (AvgIpc) is 3.42. The molecule has 0 aliphatic rings. The summed E-state index contributed by atoms with van der Waals surface area (Å²) in [7, 11) is 0. The first-order valence-corrected chi connectivity index (χ1v) is 15.0. The molecule has 3 aromatic heterocycles. The Morgan fingerprint density at radius 3 is 0.707 bits per heavy atom. The van der Waals surface area contributed by atoms with Crippen LogP contribution in [0.15, 0.2) is 0 Å². The molecule has 0 amide bonds. The Kier molecular flexibility index (Phi) is 9.42. The maximum atomic E-state index is 5.08. The van der Waals surface area contributed by atoms with Crippen LogP contribution in [0.4, 0.5) is 0 Å². The van der Waals surface area contributed by atoms with Gasteiger partial charge in [-0.05, 0) is 16.4 Å².